The summed E-state index contributed by atoms with van der Waals surface area (Å²) in [5.74, 6) is 0.181. The third kappa shape index (κ3) is 6.89. The number of carbonyl (C=O) groups is 1. The quantitative estimate of drug-likeness (QED) is 0.164. The van der Waals surface area contributed by atoms with Crippen LogP contribution in [0.2, 0.25) is 0 Å². The van der Waals surface area contributed by atoms with E-state index in [-0.39, 0.29) is 29.2 Å². The molecular formula is C42H40F2N10O. The first kappa shape index (κ1) is 35.5. The van der Waals surface area contributed by atoms with Crippen LogP contribution < -0.4 is 15.6 Å². The highest BCUT2D eigenvalue weighted by Crippen LogP contribution is 2.31. The summed E-state index contributed by atoms with van der Waals surface area (Å²) in [4.78, 5) is 35.4. The second-order valence-corrected chi connectivity index (χ2v) is 14.2. The summed E-state index contributed by atoms with van der Waals surface area (Å²) in [6, 6.07) is 20.3. The molecule has 2 aliphatic heterocycles. The van der Waals surface area contributed by atoms with Gasteiger partial charge in [0.2, 0.25) is 5.95 Å². The van der Waals surface area contributed by atoms with Gasteiger partial charge in [0, 0.05) is 55.3 Å². The van der Waals surface area contributed by atoms with Crippen LogP contribution in [-0.2, 0) is 6.42 Å². The number of pyridine rings is 1. The van der Waals surface area contributed by atoms with Crippen molar-refractivity contribution in [2.24, 2.45) is 5.10 Å². The van der Waals surface area contributed by atoms with Gasteiger partial charge < -0.3 is 19.7 Å². The zero-order valence-electron chi connectivity index (χ0n) is 31.1. The number of nitrogens with one attached hydrogen (secondary N) is 2. The number of hydrogen-bond donors (Lipinski definition) is 2. The molecule has 2 aliphatic rings. The van der Waals surface area contributed by atoms with E-state index in [4.69, 9.17) is 4.98 Å². The SMILES string of the molecule is C=C1NN=C(Cc2ccc(F)c(C(=O)N3CCN(c4ccc(Nc5ncc(F)c(-c6cc(C)c7nc(C)n(C(C)C)c7c6)n5)nc4)CC3)c2)c2ccccc21. The van der Waals surface area contributed by atoms with Crippen LogP contribution in [-0.4, -0.2) is 67.2 Å². The fraction of sp³-hybridized carbons (Fsp3) is 0.238. The van der Waals surface area contributed by atoms with Gasteiger partial charge in [-0.3, -0.25) is 10.2 Å². The first-order chi connectivity index (χ1) is 26.5. The molecule has 0 atom stereocenters. The maximum atomic E-state index is 15.2. The van der Waals surface area contributed by atoms with E-state index >= 15 is 8.78 Å². The number of piperazine rings is 1. The third-order valence-electron chi connectivity index (χ3n) is 10.1. The summed E-state index contributed by atoms with van der Waals surface area (Å²) in [5.41, 5.74) is 11.7. The van der Waals surface area contributed by atoms with Crippen molar-refractivity contribution in [3.63, 3.8) is 0 Å². The average molecular weight is 739 g/mol. The van der Waals surface area contributed by atoms with Crippen molar-refractivity contribution in [1.29, 1.82) is 0 Å². The Morgan fingerprint density at radius 3 is 2.44 bits per heavy atom. The van der Waals surface area contributed by atoms with Crippen molar-refractivity contribution in [1.82, 2.24) is 34.8 Å². The molecule has 13 heteroatoms. The fourth-order valence-electron chi connectivity index (χ4n) is 7.43. The van der Waals surface area contributed by atoms with E-state index in [1.54, 1.807) is 29.3 Å². The lowest BCUT2D eigenvalue weighted by Crippen LogP contribution is -2.49. The molecule has 0 radical (unpaired) electrons. The number of rotatable bonds is 8. The second-order valence-electron chi connectivity index (χ2n) is 14.2. The topological polar surface area (TPSA) is 116 Å². The summed E-state index contributed by atoms with van der Waals surface area (Å²) in [6.45, 7) is 14.1. The third-order valence-corrected chi connectivity index (χ3v) is 10.1. The Morgan fingerprint density at radius 2 is 1.69 bits per heavy atom. The zero-order chi connectivity index (χ0) is 38.4. The number of amides is 1. The van der Waals surface area contributed by atoms with Crippen LogP contribution in [0.1, 0.15) is 58.3 Å². The number of aryl methyl sites for hydroxylation is 2. The molecule has 5 heterocycles. The smallest absolute Gasteiger partial charge is 0.256 e. The molecular weight excluding hydrogens is 699 g/mol. The van der Waals surface area contributed by atoms with E-state index in [1.807, 2.05) is 56.3 Å². The molecule has 1 saturated heterocycles. The Labute approximate surface area is 317 Å². The summed E-state index contributed by atoms with van der Waals surface area (Å²) >= 11 is 0. The van der Waals surface area contributed by atoms with Gasteiger partial charge in [0.25, 0.3) is 5.91 Å². The van der Waals surface area contributed by atoms with E-state index in [2.05, 4.69) is 60.7 Å². The van der Waals surface area contributed by atoms with Crippen LogP contribution in [0.5, 0.6) is 0 Å². The highest BCUT2D eigenvalue weighted by atomic mass is 19.1. The molecule has 3 aromatic heterocycles. The number of halogens is 2. The Kier molecular flexibility index (Phi) is 9.29. The summed E-state index contributed by atoms with van der Waals surface area (Å²) in [7, 11) is 0. The van der Waals surface area contributed by atoms with Gasteiger partial charge in [0.1, 0.15) is 23.2 Å². The Balaban J connectivity index is 0.915. The van der Waals surface area contributed by atoms with Crippen molar-refractivity contribution >= 4 is 45.8 Å². The van der Waals surface area contributed by atoms with Crippen LogP contribution in [0.15, 0.2) is 90.8 Å². The van der Waals surface area contributed by atoms with Gasteiger partial charge in [-0.1, -0.05) is 36.9 Å². The number of benzene rings is 3. The van der Waals surface area contributed by atoms with E-state index in [0.717, 1.165) is 62.4 Å². The molecule has 8 rings (SSSR count). The minimum Gasteiger partial charge on any atom is -0.367 e. The Hall–Kier alpha value is -6.50. The minimum absolute atomic E-state index is 0.0456. The lowest BCUT2D eigenvalue weighted by molar-refractivity contribution is 0.0742. The first-order valence-corrected chi connectivity index (χ1v) is 18.2. The molecule has 278 valence electrons. The molecule has 0 unspecified atom stereocenters. The molecule has 0 saturated carbocycles. The highest BCUT2D eigenvalue weighted by Gasteiger charge is 2.26. The number of hydrazone groups is 1. The van der Waals surface area contributed by atoms with Crippen LogP contribution in [0.25, 0.3) is 28.0 Å². The lowest BCUT2D eigenvalue weighted by Gasteiger charge is -2.36. The van der Waals surface area contributed by atoms with Crippen LogP contribution >= 0.6 is 0 Å². The lowest BCUT2D eigenvalue weighted by atomic mass is 9.94. The van der Waals surface area contributed by atoms with Gasteiger partial charge in [-0.2, -0.15) is 5.10 Å². The van der Waals surface area contributed by atoms with Crippen LogP contribution in [0.3, 0.4) is 0 Å². The van der Waals surface area contributed by atoms with Gasteiger partial charge in [0.15, 0.2) is 5.82 Å². The molecule has 1 amide bonds. The number of imidazole rings is 1. The largest absolute Gasteiger partial charge is 0.367 e. The van der Waals surface area contributed by atoms with Gasteiger partial charge in [-0.15, -0.1) is 0 Å². The molecule has 2 N–H and O–H groups in total. The first-order valence-electron chi connectivity index (χ1n) is 18.2. The molecule has 6 aromatic rings. The van der Waals surface area contributed by atoms with Crippen molar-refractivity contribution < 1.29 is 13.6 Å². The molecule has 0 bridgehead atoms. The van der Waals surface area contributed by atoms with E-state index < -0.39 is 11.6 Å². The number of anilines is 3. The van der Waals surface area contributed by atoms with Crippen LogP contribution in [0.4, 0.5) is 26.2 Å². The maximum Gasteiger partial charge on any atom is 0.256 e. The molecule has 0 aliphatic carbocycles. The average Bonchev–Trinajstić information content (AvgIpc) is 3.54. The number of nitrogens with zero attached hydrogens (tertiary/aromatic N) is 8. The van der Waals surface area contributed by atoms with Crippen LogP contribution in [0, 0.1) is 25.5 Å². The minimum atomic E-state index is -0.553. The normalized spacial score (nSPS) is 14.2. The molecule has 11 nitrogen and oxygen atoms in total. The molecule has 55 heavy (non-hydrogen) atoms. The number of carbonyl (C=O) groups excluding carboxylic acids is 1. The molecule has 1 fully saturated rings. The van der Waals surface area contributed by atoms with E-state index in [0.29, 0.717) is 44.0 Å². The standard InChI is InChI=1S/C42H40F2N10O/c1-24(2)54-27(5)47-39-25(3)18-29(21-37(39)54)40-35(44)23-46-42(49-40)48-38-13-11-30(22-45-38)52-14-16-53(17-15-52)41(55)33-19-28(10-12-34(33)43)20-36-32-9-7-6-8-31(32)26(4)50-51-36/h6-13,18-19,21-24,50H,4,14-17,20H2,1-3,5H3,(H,45,46,48,49). The van der Waals surface area contributed by atoms with Crippen molar-refractivity contribution in [3.05, 3.63) is 131 Å². The van der Waals surface area contributed by atoms with Crippen molar-refractivity contribution in [2.75, 3.05) is 36.4 Å². The Bertz CT molecular complexity index is 2500. The van der Waals surface area contributed by atoms with Gasteiger partial charge in [-0.05, 0) is 75.2 Å². The van der Waals surface area contributed by atoms with Crippen molar-refractivity contribution in [3.8, 4) is 11.3 Å². The van der Waals surface area contributed by atoms with Crippen molar-refractivity contribution in [2.45, 2.75) is 40.2 Å². The number of hydrogen-bond acceptors (Lipinski definition) is 9. The van der Waals surface area contributed by atoms with Gasteiger partial charge in [-0.25, -0.2) is 28.7 Å². The second kappa shape index (κ2) is 14.4. The maximum absolute atomic E-state index is 15.2. The summed E-state index contributed by atoms with van der Waals surface area (Å²) in [6.07, 6.45) is 3.32. The van der Waals surface area contributed by atoms with E-state index in [1.165, 1.54) is 6.07 Å². The number of aromatic nitrogens is 5. The summed E-state index contributed by atoms with van der Waals surface area (Å²) < 4.78 is 32.4. The monoisotopic (exact) mass is 738 g/mol. The molecule has 0 spiro atoms. The van der Waals surface area contributed by atoms with Gasteiger partial charge >= 0.3 is 0 Å². The molecule has 3 aromatic carbocycles. The predicted octanol–water partition coefficient (Wildman–Crippen LogP) is 7.59. The summed E-state index contributed by atoms with van der Waals surface area (Å²) in [5, 5.41) is 7.57. The Morgan fingerprint density at radius 1 is 0.909 bits per heavy atom. The highest BCUT2D eigenvalue weighted by molar-refractivity contribution is 6.07. The van der Waals surface area contributed by atoms with E-state index in [9.17, 15) is 4.79 Å². The van der Waals surface area contributed by atoms with Gasteiger partial charge in [0.05, 0.1) is 46.1 Å². The fourth-order valence-corrected chi connectivity index (χ4v) is 7.43. The predicted molar refractivity (Wildman–Crippen MR) is 211 cm³/mol. The zero-order valence-corrected chi connectivity index (χ0v) is 31.1. The number of fused-ring (bicyclic) bond motifs is 2.